The lowest BCUT2D eigenvalue weighted by Gasteiger charge is -1.95. The molecule has 0 aliphatic rings. The van der Waals surface area contributed by atoms with E-state index in [-0.39, 0.29) is 0 Å². The van der Waals surface area contributed by atoms with E-state index in [1.165, 1.54) is 5.75 Å². The standard InChI is InChI=1S/C5H12OS2/c1-3-6-8-5-7-4-2/h3-5H2,1-2H3. The van der Waals surface area contributed by atoms with E-state index >= 15 is 0 Å². The van der Waals surface area contributed by atoms with Crippen LogP contribution >= 0.6 is 23.8 Å². The Morgan fingerprint density at radius 2 is 2.12 bits per heavy atom. The molecule has 0 aliphatic heterocycles. The van der Waals surface area contributed by atoms with Crippen LogP contribution in [0.4, 0.5) is 0 Å². The van der Waals surface area contributed by atoms with Crippen molar-refractivity contribution in [2.24, 2.45) is 0 Å². The highest BCUT2D eigenvalue weighted by Crippen LogP contribution is 2.11. The van der Waals surface area contributed by atoms with Crippen LogP contribution in [0, 0.1) is 0 Å². The average Bonchev–Trinajstić information content (AvgIpc) is 1.81. The first kappa shape index (κ1) is 8.66. The Bertz CT molecular complexity index is 35.4. The molecule has 0 amide bonds. The first-order valence-corrected chi connectivity index (χ1v) is 4.80. The summed E-state index contributed by atoms with van der Waals surface area (Å²) in [6.07, 6.45) is 0. The second-order valence-electron chi connectivity index (χ2n) is 1.14. The zero-order chi connectivity index (χ0) is 6.24. The van der Waals surface area contributed by atoms with Gasteiger partial charge in [-0.2, -0.15) is 0 Å². The molecule has 0 aromatic rings. The van der Waals surface area contributed by atoms with Crippen LogP contribution in [0.3, 0.4) is 0 Å². The van der Waals surface area contributed by atoms with Gasteiger partial charge in [-0.15, -0.1) is 11.8 Å². The third-order valence-corrected chi connectivity index (χ3v) is 2.40. The summed E-state index contributed by atoms with van der Waals surface area (Å²) in [6, 6.07) is 0. The molecule has 0 rings (SSSR count). The SMILES string of the molecule is CCOSCSCC. The Hall–Kier alpha value is 0.660. The van der Waals surface area contributed by atoms with Gasteiger partial charge in [0.25, 0.3) is 0 Å². The minimum absolute atomic E-state index is 0.814. The minimum Gasteiger partial charge on any atom is -0.315 e. The molecule has 0 radical (unpaired) electrons. The Labute approximate surface area is 59.8 Å². The first-order valence-electron chi connectivity index (χ1n) is 2.74. The van der Waals surface area contributed by atoms with Gasteiger partial charge in [-0.05, 0) is 12.7 Å². The predicted molar refractivity (Wildman–Crippen MR) is 42.2 cm³/mol. The summed E-state index contributed by atoms with van der Waals surface area (Å²) in [5, 5.41) is 1.06. The van der Waals surface area contributed by atoms with Crippen molar-refractivity contribution in [1.82, 2.24) is 0 Å². The average molecular weight is 152 g/mol. The van der Waals surface area contributed by atoms with Crippen LogP contribution in [0.1, 0.15) is 13.8 Å². The second-order valence-corrected chi connectivity index (χ2v) is 3.53. The van der Waals surface area contributed by atoms with Crippen LogP contribution in [-0.4, -0.2) is 17.4 Å². The fraction of sp³-hybridized carbons (Fsp3) is 1.00. The maximum atomic E-state index is 5.03. The van der Waals surface area contributed by atoms with E-state index < -0.39 is 0 Å². The highest BCUT2D eigenvalue weighted by atomic mass is 32.2. The van der Waals surface area contributed by atoms with E-state index in [0.717, 1.165) is 11.7 Å². The fourth-order valence-corrected chi connectivity index (χ4v) is 1.61. The van der Waals surface area contributed by atoms with Gasteiger partial charge in [0.15, 0.2) is 0 Å². The number of hydrogen-bond donors (Lipinski definition) is 0. The van der Waals surface area contributed by atoms with Crippen LogP contribution in [0.2, 0.25) is 0 Å². The van der Waals surface area contributed by atoms with E-state index in [1.54, 1.807) is 12.0 Å². The van der Waals surface area contributed by atoms with Crippen LogP contribution in [-0.2, 0) is 4.18 Å². The molecule has 3 heteroatoms. The monoisotopic (exact) mass is 152 g/mol. The van der Waals surface area contributed by atoms with E-state index in [0.29, 0.717) is 0 Å². The molecule has 1 nitrogen and oxygen atoms in total. The van der Waals surface area contributed by atoms with E-state index in [2.05, 4.69) is 6.92 Å². The second kappa shape index (κ2) is 7.66. The van der Waals surface area contributed by atoms with E-state index in [9.17, 15) is 0 Å². The van der Waals surface area contributed by atoms with Gasteiger partial charge in [0, 0.05) is 12.0 Å². The zero-order valence-corrected chi connectivity index (χ0v) is 6.98. The van der Waals surface area contributed by atoms with Gasteiger partial charge in [0.2, 0.25) is 0 Å². The Kier molecular flexibility index (Phi) is 8.29. The van der Waals surface area contributed by atoms with E-state index in [1.807, 2.05) is 18.7 Å². The summed E-state index contributed by atoms with van der Waals surface area (Å²) in [5.74, 6) is 1.18. The summed E-state index contributed by atoms with van der Waals surface area (Å²) in [4.78, 5) is 0. The molecule has 0 spiro atoms. The third-order valence-electron chi connectivity index (χ3n) is 0.537. The summed E-state index contributed by atoms with van der Waals surface area (Å²) < 4.78 is 5.03. The summed E-state index contributed by atoms with van der Waals surface area (Å²) >= 11 is 3.43. The van der Waals surface area contributed by atoms with Gasteiger partial charge in [-0.3, -0.25) is 0 Å². The maximum Gasteiger partial charge on any atom is 0.0655 e. The summed E-state index contributed by atoms with van der Waals surface area (Å²) in [6.45, 7) is 4.97. The van der Waals surface area contributed by atoms with Gasteiger partial charge in [0.1, 0.15) is 0 Å². The topological polar surface area (TPSA) is 9.23 Å². The zero-order valence-electron chi connectivity index (χ0n) is 5.35. The lowest BCUT2D eigenvalue weighted by molar-refractivity contribution is 0.403. The highest BCUT2D eigenvalue weighted by molar-refractivity contribution is 8.13. The molecular formula is C5H12OS2. The largest absolute Gasteiger partial charge is 0.315 e. The Balaban J connectivity index is 2.53. The molecule has 0 aromatic heterocycles. The molecule has 0 saturated heterocycles. The predicted octanol–water partition coefficient (Wildman–Crippen LogP) is 2.38. The summed E-state index contributed by atoms with van der Waals surface area (Å²) in [7, 11) is 0. The van der Waals surface area contributed by atoms with Crippen LogP contribution in [0.25, 0.3) is 0 Å². The van der Waals surface area contributed by atoms with Crippen molar-refractivity contribution >= 4 is 23.8 Å². The third kappa shape index (κ3) is 6.66. The van der Waals surface area contributed by atoms with Gasteiger partial charge in [-0.25, -0.2) is 0 Å². The van der Waals surface area contributed by atoms with Gasteiger partial charge < -0.3 is 4.18 Å². The van der Waals surface area contributed by atoms with Crippen molar-refractivity contribution in [2.75, 3.05) is 17.4 Å². The van der Waals surface area contributed by atoms with Crippen molar-refractivity contribution in [1.29, 1.82) is 0 Å². The molecule has 0 aromatic carbocycles. The molecule has 0 fully saturated rings. The summed E-state index contributed by atoms with van der Waals surface area (Å²) in [5.41, 5.74) is 0. The van der Waals surface area contributed by atoms with Gasteiger partial charge in [0.05, 0.1) is 11.7 Å². The maximum absolute atomic E-state index is 5.03. The molecule has 0 N–H and O–H groups in total. The van der Waals surface area contributed by atoms with E-state index in [4.69, 9.17) is 4.18 Å². The minimum atomic E-state index is 0.814. The normalized spacial score (nSPS) is 9.75. The Morgan fingerprint density at radius 1 is 1.38 bits per heavy atom. The lowest BCUT2D eigenvalue weighted by Crippen LogP contribution is -1.78. The fourth-order valence-electron chi connectivity index (χ4n) is 0.235. The van der Waals surface area contributed by atoms with Gasteiger partial charge in [-0.1, -0.05) is 6.92 Å². The van der Waals surface area contributed by atoms with Crippen LogP contribution in [0.5, 0.6) is 0 Å². The molecule has 0 atom stereocenters. The van der Waals surface area contributed by atoms with Gasteiger partial charge >= 0.3 is 0 Å². The van der Waals surface area contributed by atoms with Crippen molar-refractivity contribution in [3.63, 3.8) is 0 Å². The molecular weight excluding hydrogens is 140 g/mol. The Morgan fingerprint density at radius 3 is 2.62 bits per heavy atom. The quantitative estimate of drug-likeness (QED) is 0.340. The molecule has 8 heavy (non-hydrogen) atoms. The highest BCUT2D eigenvalue weighted by Gasteiger charge is 1.83. The van der Waals surface area contributed by atoms with Crippen LogP contribution < -0.4 is 0 Å². The van der Waals surface area contributed by atoms with Crippen molar-refractivity contribution in [2.45, 2.75) is 13.8 Å². The molecule has 0 saturated carbocycles. The first-order chi connectivity index (χ1) is 3.91. The van der Waals surface area contributed by atoms with Crippen LogP contribution in [0.15, 0.2) is 0 Å². The smallest absolute Gasteiger partial charge is 0.0655 e. The number of hydrogen-bond acceptors (Lipinski definition) is 3. The molecule has 50 valence electrons. The molecule has 0 bridgehead atoms. The molecule has 0 aliphatic carbocycles. The van der Waals surface area contributed by atoms with Crippen molar-refractivity contribution < 1.29 is 4.18 Å². The molecule has 0 unspecified atom stereocenters. The number of thioether (sulfide) groups is 1. The van der Waals surface area contributed by atoms with Crippen molar-refractivity contribution in [3.05, 3.63) is 0 Å². The number of rotatable bonds is 5. The lowest BCUT2D eigenvalue weighted by atomic mass is 10.9. The van der Waals surface area contributed by atoms with Crippen molar-refractivity contribution in [3.8, 4) is 0 Å². The molecule has 0 heterocycles.